The number of ether oxygens (including phenoxy) is 2. The van der Waals surface area contributed by atoms with E-state index in [0.717, 1.165) is 11.3 Å². The maximum Gasteiger partial charge on any atom is 0.161 e. The summed E-state index contributed by atoms with van der Waals surface area (Å²) in [4.78, 5) is 10.8. The van der Waals surface area contributed by atoms with Crippen molar-refractivity contribution in [3.05, 3.63) is 40.8 Å². The molecule has 0 amide bonds. The van der Waals surface area contributed by atoms with Gasteiger partial charge in [0.25, 0.3) is 0 Å². The number of hydrogen-bond donors (Lipinski definition) is 0. The smallest absolute Gasteiger partial charge is 0.161 e. The molecule has 1 heterocycles. The molecule has 0 spiro atoms. The Balaban J connectivity index is 2.19. The number of aromatic carboxylic acids is 1. The highest BCUT2D eigenvalue weighted by atomic mass is 16.5. The number of carboxylic acid groups (broad SMARTS) is 1. The van der Waals surface area contributed by atoms with Crippen molar-refractivity contribution in [2.24, 2.45) is 0 Å². The number of carbonyl (C=O) groups is 1. The second-order valence-electron chi connectivity index (χ2n) is 4.24. The van der Waals surface area contributed by atoms with Crippen molar-refractivity contribution in [1.82, 2.24) is 5.16 Å². The number of carboxylic acids is 1. The molecule has 0 radical (unpaired) electrons. The molecule has 0 fully saturated rings. The molecule has 0 saturated carbocycles. The molecule has 0 saturated heterocycles. The monoisotopic (exact) mass is 276 g/mol. The summed E-state index contributed by atoms with van der Waals surface area (Å²) in [5, 5.41) is 14.6. The standard InChI is InChI=1S/C14H15NO5/c1-8-11(9(2)20-15-8)7-19-12-5-4-10(14(16)17)6-13(12)18-3/h4-6H,7H2,1-3H3,(H,16,17)/p-1. The SMILES string of the molecule is COc1cc(C(=O)[O-])ccc1OCc1c(C)noc1C. The minimum atomic E-state index is -1.26. The molecule has 6 heteroatoms. The van der Waals surface area contributed by atoms with E-state index in [1.165, 1.54) is 25.3 Å². The summed E-state index contributed by atoms with van der Waals surface area (Å²) in [5.74, 6) is 0.198. The Morgan fingerprint density at radius 1 is 1.35 bits per heavy atom. The van der Waals surface area contributed by atoms with E-state index in [2.05, 4.69) is 5.16 Å². The molecule has 1 aromatic heterocycles. The maximum absolute atomic E-state index is 10.8. The van der Waals surface area contributed by atoms with Crippen molar-refractivity contribution < 1.29 is 23.9 Å². The fourth-order valence-electron chi connectivity index (χ4n) is 1.77. The van der Waals surface area contributed by atoms with Crippen LogP contribution in [-0.4, -0.2) is 18.2 Å². The van der Waals surface area contributed by atoms with Gasteiger partial charge in [0, 0.05) is 5.56 Å². The van der Waals surface area contributed by atoms with Crippen LogP contribution >= 0.6 is 0 Å². The Morgan fingerprint density at radius 3 is 2.65 bits per heavy atom. The topological polar surface area (TPSA) is 84.6 Å². The Morgan fingerprint density at radius 2 is 2.10 bits per heavy atom. The first-order chi connectivity index (χ1) is 9.52. The van der Waals surface area contributed by atoms with Gasteiger partial charge in [-0.2, -0.15) is 0 Å². The van der Waals surface area contributed by atoms with E-state index >= 15 is 0 Å². The van der Waals surface area contributed by atoms with Gasteiger partial charge >= 0.3 is 0 Å². The van der Waals surface area contributed by atoms with E-state index in [-0.39, 0.29) is 12.2 Å². The predicted molar refractivity (Wildman–Crippen MR) is 67.6 cm³/mol. The van der Waals surface area contributed by atoms with E-state index in [1.54, 1.807) is 6.92 Å². The van der Waals surface area contributed by atoms with Crippen LogP contribution in [-0.2, 0) is 6.61 Å². The number of aromatic nitrogens is 1. The molecule has 0 aliphatic rings. The second-order valence-corrected chi connectivity index (χ2v) is 4.24. The molecule has 0 aliphatic heterocycles. The number of nitrogens with zero attached hydrogens (tertiary/aromatic N) is 1. The van der Waals surface area contributed by atoms with Crippen molar-refractivity contribution >= 4 is 5.97 Å². The first-order valence-electron chi connectivity index (χ1n) is 5.97. The normalized spacial score (nSPS) is 10.3. The molecule has 2 rings (SSSR count). The summed E-state index contributed by atoms with van der Waals surface area (Å²) in [7, 11) is 1.44. The molecule has 0 bridgehead atoms. The van der Waals surface area contributed by atoms with E-state index in [4.69, 9.17) is 14.0 Å². The quantitative estimate of drug-likeness (QED) is 0.817. The van der Waals surface area contributed by atoms with Crippen LogP contribution in [0.1, 0.15) is 27.4 Å². The maximum atomic E-state index is 10.8. The summed E-state index contributed by atoms with van der Waals surface area (Å²) in [5.41, 5.74) is 1.65. The van der Waals surface area contributed by atoms with Crippen LogP contribution in [0, 0.1) is 13.8 Å². The van der Waals surface area contributed by atoms with Gasteiger partial charge in [0.05, 0.1) is 24.3 Å². The lowest BCUT2D eigenvalue weighted by atomic mass is 10.2. The van der Waals surface area contributed by atoms with E-state index in [0.29, 0.717) is 17.3 Å². The minimum absolute atomic E-state index is 0.0338. The van der Waals surface area contributed by atoms with Crippen LogP contribution in [0.4, 0.5) is 0 Å². The average Bonchev–Trinajstić information content (AvgIpc) is 2.75. The van der Waals surface area contributed by atoms with Crippen LogP contribution < -0.4 is 14.6 Å². The fraction of sp³-hybridized carbons (Fsp3) is 0.286. The van der Waals surface area contributed by atoms with Crippen LogP contribution in [0.25, 0.3) is 0 Å². The van der Waals surface area contributed by atoms with Crippen molar-refractivity contribution in [2.75, 3.05) is 7.11 Å². The van der Waals surface area contributed by atoms with Crippen molar-refractivity contribution in [3.63, 3.8) is 0 Å². The van der Waals surface area contributed by atoms with E-state index in [1.807, 2.05) is 6.92 Å². The molecule has 0 N–H and O–H groups in total. The summed E-state index contributed by atoms with van der Waals surface area (Å²) < 4.78 is 15.8. The van der Waals surface area contributed by atoms with Crippen LogP contribution in [0.2, 0.25) is 0 Å². The third-order valence-electron chi connectivity index (χ3n) is 2.95. The Bertz CT molecular complexity index is 613. The highest BCUT2D eigenvalue weighted by molar-refractivity contribution is 5.86. The third kappa shape index (κ3) is 2.74. The minimum Gasteiger partial charge on any atom is -0.545 e. The highest BCUT2D eigenvalue weighted by Gasteiger charge is 2.12. The fourth-order valence-corrected chi connectivity index (χ4v) is 1.77. The van der Waals surface area contributed by atoms with Gasteiger partial charge in [-0.15, -0.1) is 0 Å². The number of methoxy groups -OCH3 is 1. The summed E-state index contributed by atoms with van der Waals surface area (Å²) in [6.07, 6.45) is 0. The molecule has 20 heavy (non-hydrogen) atoms. The number of rotatable bonds is 5. The lowest BCUT2D eigenvalue weighted by Crippen LogP contribution is -2.22. The summed E-state index contributed by atoms with van der Waals surface area (Å²) >= 11 is 0. The van der Waals surface area contributed by atoms with Gasteiger partial charge in [-0.25, -0.2) is 0 Å². The van der Waals surface area contributed by atoms with Crippen molar-refractivity contribution in [3.8, 4) is 11.5 Å². The average molecular weight is 276 g/mol. The highest BCUT2D eigenvalue weighted by Crippen LogP contribution is 2.29. The second kappa shape index (κ2) is 5.64. The molecule has 2 aromatic rings. The molecule has 106 valence electrons. The van der Waals surface area contributed by atoms with Gasteiger partial charge in [-0.3, -0.25) is 0 Å². The van der Waals surface area contributed by atoms with Gasteiger partial charge in [0.1, 0.15) is 12.4 Å². The molecule has 6 nitrogen and oxygen atoms in total. The summed E-state index contributed by atoms with van der Waals surface area (Å²) in [6.45, 7) is 3.89. The van der Waals surface area contributed by atoms with Crippen LogP contribution in [0.15, 0.2) is 22.7 Å². The van der Waals surface area contributed by atoms with Crippen molar-refractivity contribution in [1.29, 1.82) is 0 Å². The Hall–Kier alpha value is -2.50. The Labute approximate surface area is 115 Å². The van der Waals surface area contributed by atoms with E-state index in [9.17, 15) is 9.90 Å². The molecule has 1 aromatic carbocycles. The lowest BCUT2D eigenvalue weighted by molar-refractivity contribution is -0.255. The van der Waals surface area contributed by atoms with Gasteiger partial charge in [-0.05, 0) is 32.0 Å². The zero-order valence-electron chi connectivity index (χ0n) is 11.4. The number of benzene rings is 1. The first-order valence-corrected chi connectivity index (χ1v) is 5.97. The summed E-state index contributed by atoms with van der Waals surface area (Å²) in [6, 6.07) is 4.29. The molecule has 0 unspecified atom stereocenters. The van der Waals surface area contributed by atoms with Gasteiger partial charge in [0.15, 0.2) is 11.5 Å². The first kappa shape index (κ1) is 13.9. The van der Waals surface area contributed by atoms with Crippen LogP contribution in [0.3, 0.4) is 0 Å². The lowest BCUT2D eigenvalue weighted by Gasteiger charge is -2.12. The number of hydrogen-bond acceptors (Lipinski definition) is 6. The number of aryl methyl sites for hydroxylation is 2. The van der Waals surface area contributed by atoms with Gasteiger partial charge in [0.2, 0.25) is 0 Å². The number of carbonyl (C=O) groups excluding carboxylic acids is 1. The molecule has 0 atom stereocenters. The Kier molecular flexibility index (Phi) is 3.93. The third-order valence-corrected chi connectivity index (χ3v) is 2.95. The van der Waals surface area contributed by atoms with Crippen molar-refractivity contribution in [2.45, 2.75) is 20.5 Å². The predicted octanol–water partition coefficient (Wildman–Crippen LogP) is 1.24. The molecule has 0 aliphatic carbocycles. The zero-order valence-corrected chi connectivity index (χ0v) is 11.4. The van der Waals surface area contributed by atoms with E-state index < -0.39 is 5.97 Å². The van der Waals surface area contributed by atoms with Crippen LogP contribution in [0.5, 0.6) is 11.5 Å². The molecular weight excluding hydrogens is 262 g/mol. The van der Waals surface area contributed by atoms with Gasteiger partial charge in [-0.1, -0.05) is 5.16 Å². The largest absolute Gasteiger partial charge is 0.545 e. The zero-order chi connectivity index (χ0) is 14.7. The molecular formula is C14H14NO5-. The van der Waals surface area contributed by atoms with Gasteiger partial charge < -0.3 is 23.9 Å².